The molecule has 0 saturated heterocycles. The van der Waals surface area contributed by atoms with Gasteiger partial charge in [-0.1, -0.05) is 31.2 Å². The van der Waals surface area contributed by atoms with Gasteiger partial charge in [-0.15, -0.1) is 11.3 Å². The van der Waals surface area contributed by atoms with Gasteiger partial charge in [0.1, 0.15) is 12.2 Å². The van der Waals surface area contributed by atoms with E-state index < -0.39 is 0 Å². The van der Waals surface area contributed by atoms with Crippen LogP contribution in [0.4, 0.5) is 0 Å². The molecule has 4 rings (SSSR count). The summed E-state index contributed by atoms with van der Waals surface area (Å²) in [5.74, 6) is -0.348. The second-order valence-electron chi connectivity index (χ2n) is 7.08. The first-order chi connectivity index (χ1) is 15.0. The molecule has 1 N–H and O–H groups in total. The highest BCUT2D eigenvalue weighted by atomic mass is 32.1. The number of nitrogens with one attached hydrogen (secondary N) is 1. The summed E-state index contributed by atoms with van der Waals surface area (Å²) in [6, 6.07) is 13.8. The number of aromatic nitrogens is 4. The molecule has 1 aromatic carbocycles. The number of hydrogen-bond donors (Lipinski definition) is 1. The van der Waals surface area contributed by atoms with E-state index in [2.05, 4.69) is 15.5 Å². The summed E-state index contributed by atoms with van der Waals surface area (Å²) in [4.78, 5) is 38.4. The van der Waals surface area contributed by atoms with Gasteiger partial charge in [0, 0.05) is 17.5 Å². The lowest BCUT2D eigenvalue weighted by Crippen LogP contribution is -2.43. The minimum absolute atomic E-state index is 0.197. The number of nitrogens with zero attached hydrogens (tertiary/aromatic N) is 4. The zero-order valence-corrected chi connectivity index (χ0v) is 17.7. The maximum atomic E-state index is 12.6. The van der Waals surface area contributed by atoms with Gasteiger partial charge in [-0.2, -0.15) is 10.2 Å². The van der Waals surface area contributed by atoms with Crippen LogP contribution in [-0.4, -0.2) is 31.5 Å². The topological polar surface area (TPSA) is 98.9 Å². The molecular formula is C22H21N5O3S. The Balaban J connectivity index is 1.48. The maximum absolute atomic E-state index is 12.6. The Kier molecular flexibility index (Phi) is 6.03. The van der Waals surface area contributed by atoms with E-state index in [0.717, 1.165) is 14.9 Å². The van der Waals surface area contributed by atoms with Crippen LogP contribution in [0.25, 0.3) is 21.3 Å². The summed E-state index contributed by atoms with van der Waals surface area (Å²) in [6.45, 7) is 1.96. The van der Waals surface area contributed by atoms with Gasteiger partial charge in [0.25, 0.3) is 11.1 Å². The van der Waals surface area contributed by atoms with Crippen molar-refractivity contribution in [1.82, 2.24) is 24.9 Å². The van der Waals surface area contributed by atoms with Crippen molar-refractivity contribution in [3.8, 4) is 10.6 Å². The Bertz CT molecular complexity index is 1330. The minimum atomic E-state index is -0.348. The molecule has 158 valence electrons. The zero-order chi connectivity index (χ0) is 21.8. The third kappa shape index (κ3) is 4.61. The molecule has 3 heterocycles. The lowest BCUT2D eigenvalue weighted by molar-refractivity contribution is -0.122. The average Bonchev–Trinajstić information content (AvgIpc) is 3.32. The highest BCUT2D eigenvalue weighted by molar-refractivity contribution is 7.13. The van der Waals surface area contributed by atoms with Gasteiger partial charge in [-0.05, 0) is 30.0 Å². The van der Waals surface area contributed by atoms with E-state index in [-0.39, 0.29) is 36.2 Å². The zero-order valence-electron chi connectivity index (χ0n) is 16.9. The van der Waals surface area contributed by atoms with Crippen LogP contribution in [0, 0.1) is 0 Å². The fourth-order valence-corrected chi connectivity index (χ4v) is 3.96. The predicted molar refractivity (Wildman–Crippen MR) is 120 cm³/mol. The number of rotatable bonds is 7. The minimum Gasteiger partial charge on any atom is -0.350 e. The number of thiophene rings is 1. The van der Waals surface area contributed by atoms with E-state index in [4.69, 9.17) is 0 Å². The largest absolute Gasteiger partial charge is 0.350 e. The molecule has 1 atom stereocenters. The molecule has 0 fully saturated rings. The van der Waals surface area contributed by atoms with Crippen molar-refractivity contribution in [2.75, 3.05) is 0 Å². The van der Waals surface area contributed by atoms with Crippen molar-refractivity contribution in [3.05, 3.63) is 80.8 Å². The van der Waals surface area contributed by atoms with E-state index in [1.54, 1.807) is 41.8 Å². The number of hydrogen-bond acceptors (Lipinski definition) is 6. The monoisotopic (exact) mass is 435 g/mol. The predicted octanol–water partition coefficient (Wildman–Crippen LogP) is 2.28. The van der Waals surface area contributed by atoms with Crippen molar-refractivity contribution >= 4 is 28.0 Å². The Morgan fingerprint density at radius 3 is 2.71 bits per heavy atom. The van der Waals surface area contributed by atoms with Gasteiger partial charge < -0.3 is 5.32 Å². The summed E-state index contributed by atoms with van der Waals surface area (Å²) in [6.07, 6.45) is 2.17. The van der Waals surface area contributed by atoms with Crippen LogP contribution < -0.4 is 16.4 Å². The van der Waals surface area contributed by atoms with E-state index in [1.807, 2.05) is 30.5 Å². The van der Waals surface area contributed by atoms with Crippen molar-refractivity contribution in [1.29, 1.82) is 0 Å². The summed E-state index contributed by atoms with van der Waals surface area (Å²) in [5, 5.41) is 14.6. The number of carbonyl (C=O) groups is 1. The molecule has 0 aliphatic rings. The van der Waals surface area contributed by atoms with E-state index in [0.29, 0.717) is 17.5 Å². The molecule has 0 aliphatic heterocycles. The smallest absolute Gasteiger partial charge is 0.275 e. The molecule has 0 aliphatic carbocycles. The van der Waals surface area contributed by atoms with Gasteiger partial charge >= 0.3 is 0 Å². The first kappa shape index (κ1) is 20.7. The van der Waals surface area contributed by atoms with Crippen LogP contribution in [0.2, 0.25) is 0 Å². The summed E-state index contributed by atoms with van der Waals surface area (Å²) in [5.41, 5.74) is 0.158. The van der Waals surface area contributed by atoms with Crippen LogP contribution >= 0.6 is 11.3 Å². The van der Waals surface area contributed by atoms with Crippen molar-refractivity contribution in [2.24, 2.45) is 0 Å². The quantitative estimate of drug-likeness (QED) is 0.480. The van der Waals surface area contributed by atoms with Crippen molar-refractivity contribution in [2.45, 2.75) is 32.5 Å². The van der Waals surface area contributed by atoms with Gasteiger partial charge in [0.15, 0.2) is 0 Å². The highest BCUT2D eigenvalue weighted by Crippen LogP contribution is 2.21. The highest BCUT2D eigenvalue weighted by Gasteiger charge is 2.15. The molecule has 9 heteroatoms. The third-order valence-electron chi connectivity index (χ3n) is 4.95. The van der Waals surface area contributed by atoms with E-state index in [1.165, 1.54) is 10.7 Å². The van der Waals surface area contributed by atoms with Gasteiger partial charge in [0.2, 0.25) is 5.91 Å². The van der Waals surface area contributed by atoms with Crippen molar-refractivity contribution in [3.63, 3.8) is 0 Å². The molecule has 4 aromatic rings. The molecular weight excluding hydrogens is 414 g/mol. The van der Waals surface area contributed by atoms with Crippen LogP contribution in [-0.2, 0) is 17.9 Å². The van der Waals surface area contributed by atoms with Crippen molar-refractivity contribution < 1.29 is 4.79 Å². The number of amides is 1. The average molecular weight is 436 g/mol. The number of benzene rings is 1. The van der Waals surface area contributed by atoms with Crippen LogP contribution in [0.5, 0.6) is 0 Å². The number of carbonyl (C=O) groups excluding carboxylic acids is 1. The fourth-order valence-electron chi connectivity index (χ4n) is 3.27. The second kappa shape index (κ2) is 9.05. The molecule has 31 heavy (non-hydrogen) atoms. The van der Waals surface area contributed by atoms with Crippen LogP contribution in [0.3, 0.4) is 0 Å². The molecule has 8 nitrogen and oxygen atoms in total. The molecule has 0 radical (unpaired) electrons. The summed E-state index contributed by atoms with van der Waals surface area (Å²) in [7, 11) is 0. The lowest BCUT2D eigenvalue weighted by Gasteiger charge is -2.18. The van der Waals surface area contributed by atoms with E-state index in [9.17, 15) is 14.4 Å². The maximum Gasteiger partial charge on any atom is 0.275 e. The first-order valence-corrected chi connectivity index (χ1v) is 10.8. The fraction of sp³-hybridized carbons (Fsp3) is 0.227. The Hall–Kier alpha value is -3.59. The molecule has 0 spiro atoms. The number of fused-ring (bicyclic) bond motifs is 1. The SMILES string of the molecule is CC[C@@H](Cn1nc(-c2cccs2)ccc1=O)NC(=O)Cn1ncc2ccccc2c1=O. The molecule has 1 amide bonds. The summed E-state index contributed by atoms with van der Waals surface area (Å²) < 4.78 is 2.51. The molecule has 0 unspecified atom stereocenters. The molecule has 0 saturated carbocycles. The normalized spacial score (nSPS) is 12.0. The van der Waals surface area contributed by atoms with Crippen LogP contribution in [0.1, 0.15) is 13.3 Å². The Morgan fingerprint density at radius 1 is 1.10 bits per heavy atom. The Labute approximate surface area is 181 Å². The van der Waals surface area contributed by atoms with Crippen LogP contribution in [0.15, 0.2) is 69.7 Å². The standard InChI is InChI=1S/C22H21N5O3S/c1-2-16(13-26-21(29)10-9-18(25-26)19-8-5-11-31-19)24-20(28)14-27-22(30)17-7-4-3-6-15(17)12-23-27/h3-12,16H,2,13-14H2,1H3,(H,24,28)/t16-/m0/s1. The lowest BCUT2D eigenvalue weighted by atomic mass is 10.2. The Morgan fingerprint density at radius 2 is 1.94 bits per heavy atom. The summed E-state index contributed by atoms with van der Waals surface area (Å²) >= 11 is 1.54. The third-order valence-corrected chi connectivity index (χ3v) is 5.84. The van der Waals surface area contributed by atoms with Gasteiger partial charge in [-0.3, -0.25) is 14.4 Å². The van der Waals surface area contributed by atoms with Gasteiger partial charge in [0.05, 0.1) is 23.0 Å². The van der Waals surface area contributed by atoms with E-state index >= 15 is 0 Å². The molecule has 0 bridgehead atoms. The second-order valence-corrected chi connectivity index (χ2v) is 8.03. The van der Waals surface area contributed by atoms with Gasteiger partial charge in [-0.25, -0.2) is 9.36 Å². The first-order valence-electron chi connectivity index (χ1n) is 9.91. The molecule has 3 aromatic heterocycles.